The maximum atomic E-state index is 10.1. The van der Waals surface area contributed by atoms with Crippen molar-refractivity contribution >= 4 is 10.4 Å². The van der Waals surface area contributed by atoms with Gasteiger partial charge >= 0.3 is 5.69 Å². The van der Waals surface area contributed by atoms with Crippen molar-refractivity contribution in [3.05, 3.63) is 28.9 Å². The molecule has 0 aliphatic carbocycles. The third-order valence-corrected chi connectivity index (χ3v) is 0.581. The normalized spacial score (nSPS) is 9.83. The highest BCUT2D eigenvalue weighted by molar-refractivity contribution is 7.79. The van der Waals surface area contributed by atoms with E-state index < -0.39 is 10.4 Å². The first-order valence-electron chi connectivity index (χ1n) is 2.56. The Bertz CT molecular complexity index is 344. The highest BCUT2D eigenvalue weighted by atomic mass is 32.3. The van der Waals surface area contributed by atoms with Crippen LogP contribution in [0.5, 0.6) is 0 Å². The highest BCUT2D eigenvalue weighted by Crippen LogP contribution is 1.61. The van der Waals surface area contributed by atoms with Gasteiger partial charge in [-0.05, 0) is 6.07 Å². The first-order valence-corrected chi connectivity index (χ1v) is 3.89. The maximum absolute atomic E-state index is 10.1. The lowest BCUT2D eigenvalue weighted by molar-refractivity contribution is 0.352. The van der Waals surface area contributed by atoms with Crippen LogP contribution in [-0.4, -0.2) is 27.5 Å². The van der Waals surface area contributed by atoms with Crippen LogP contribution in [0.25, 0.3) is 0 Å². The fourth-order valence-electron chi connectivity index (χ4n) is 0.310. The van der Waals surface area contributed by atoms with Crippen LogP contribution in [0.4, 0.5) is 0 Å². The van der Waals surface area contributed by atoms with Gasteiger partial charge in [-0.15, -0.1) is 0 Å². The van der Waals surface area contributed by atoms with E-state index in [2.05, 4.69) is 9.97 Å². The monoisotopic (exact) mass is 192 g/mol. The van der Waals surface area contributed by atoms with Gasteiger partial charge in [-0.25, -0.2) is 9.78 Å². The lowest BCUT2D eigenvalue weighted by atomic mass is 10.7. The summed E-state index contributed by atoms with van der Waals surface area (Å²) in [5.41, 5.74) is -0.303. The van der Waals surface area contributed by atoms with E-state index >= 15 is 0 Å². The Balaban J connectivity index is 0.000000217. The summed E-state index contributed by atoms with van der Waals surface area (Å²) in [6.07, 6.45) is 2.98. The molecule has 12 heavy (non-hydrogen) atoms. The molecule has 0 amide bonds. The predicted octanol–water partition coefficient (Wildman–Crippen LogP) is -1.57. The van der Waals surface area contributed by atoms with Gasteiger partial charge in [-0.3, -0.25) is 8.42 Å². The number of hydrogen-bond acceptors (Lipinski definition) is 6. The second kappa shape index (κ2) is 4.59. The molecule has 0 fully saturated rings. The molecule has 1 N–H and O–H groups in total. The summed E-state index contributed by atoms with van der Waals surface area (Å²) in [4.78, 5) is 15.8. The molecule has 8 heteroatoms. The van der Waals surface area contributed by atoms with E-state index in [0.29, 0.717) is 0 Å². The standard InChI is InChI=1S/C4H4N2O.H2O4S/c7-4-5-2-1-3-6-4;1-5(2,3)4/h1-3H,(H,5,6,7);(H2,1,2,3,4)/p-2. The van der Waals surface area contributed by atoms with E-state index in [0.717, 1.165) is 0 Å². The molecule has 7 nitrogen and oxygen atoms in total. The summed E-state index contributed by atoms with van der Waals surface area (Å²) in [6, 6.07) is 1.65. The molecular formula is C4H4N2O5S-2. The molecule has 1 heterocycles. The third-order valence-electron chi connectivity index (χ3n) is 0.581. The quantitative estimate of drug-likeness (QED) is 0.391. The molecule has 0 bridgehead atoms. The van der Waals surface area contributed by atoms with Crippen LogP contribution in [0.2, 0.25) is 0 Å². The van der Waals surface area contributed by atoms with E-state index in [1.807, 2.05) is 0 Å². The molecule has 1 rings (SSSR count). The third kappa shape index (κ3) is 11.5. The van der Waals surface area contributed by atoms with Crippen LogP contribution >= 0.6 is 0 Å². The van der Waals surface area contributed by atoms with E-state index in [1.165, 1.54) is 12.4 Å². The average molecular weight is 192 g/mol. The van der Waals surface area contributed by atoms with Crippen molar-refractivity contribution < 1.29 is 17.5 Å². The minimum atomic E-state index is -5.17. The smallest absolute Gasteiger partial charge is 0.344 e. The van der Waals surface area contributed by atoms with Gasteiger partial charge in [0.2, 0.25) is 0 Å². The number of rotatable bonds is 0. The van der Waals surface area contributed by atoms with Gasteiger partial charge in [0.1, 0.15) is 0 Å². The Hall–Kier alpha value is -1.25. The van der Waals surface area contributed by atoms with Crippen molar-refractivity contribution in [3.8, 4) is 0 Å². The molecule has 0 saturated heterocycles. The molecule has 1 aromatic heterocycles. The zero-order valence-corrected chi connectivity index (χ0v) is 6.45. The predicted molar refractivity (Wildman–Crippen MR) is 35.3 cm³/mol. The van der Waals surface area contributed by atoms with Crippen molar-refractivity contribution in [2.24, 2.45) is 0 Å². The number of aromatic nitrogens is 2. The Morgan fingerprint density at radius 3 is 2.08 bits per heavy atom. The molecule has 0 spiro atoms. The molecule has 0 aromatic carbocycles. The van der Waals surface area contributed by atoms with Crippen LogP contribution in [0.1, 0.15) is 0 Å². The Kier molecular flexibility index (Phi) is 4.11. The number of nitrogens with zero attached hydrogens (tertiary/aromatic N) is 1. The topological polar surface area (TPSA) is 126 Å². The Labute approximate surface area is 67.7 Å². The van der Waals surface area contributed by atoms with E-state index in [9.17, 15) is 4.79 Å². The molecule has 1 aromatic rings. The summed E-state index contributed by atoms with van der Waals surface area (Å²) in [5.74, 6) is 0. The SMILES string of the molecule is O=S(=O)([O-])[O-].O=c1nccc[nH]1. The van der Waals surface area contributed by atoms with Crippen LogP contribution < -0.4 is 5.69 Å². The lowest BCUT2D eigenvalue weighted by Crippen LogP contribution is -2.05. The maximum Gasteiger partial charge on any atom is 0.344 e. The van der Waals surface area contributed by atoms with Gasteiger partial charge in [0.15, 0.2) is 0 Å². The molecular weight excluding hydrogens is 188 g/mol. The lowest BCUT2D eigenvalue weighted by Gasteiger charge is -2.06. The zero-order chi connectivity index (χ0) is 9.61. The van der Waals surface area contributed by atoms with Crippen molar-refractivity contribution in [1.82, 2.24) is 9.97 Å². The Morgan fingerprint density at radius 2 is 1.92 bits per heavy atom. The van der Waals surface area contributed by atoms with Crippen molar-refractivity contribution in [2.75, 3.05) is 0 Å². The molecule has 0 unspecified atom stereocenters. The largest absolute Gasteiger partial charge is 0.759 e. The number of aromatic amines is 1. The summed E-state index contributed by atoms with van der Waals surface area (Å²) in [6.45, 7) is 0. The van der Waals surface area contributed by atoms with Gasteiger partial charge < -0.3 is 14.1 Å². The summed E-state index contributed by atoms with van der Waals surface area (Å²) in [7, 11) is -5.17. The molecule has 0 saturated carbocycles. The Morgan fingerprint density at radius 1 is 1.42 bits per heavy atom. The molecule has 0 atom stereocenters. The second-order valence-electron chi connectivity index (χ2n) is 1.50. The first kappa shape index (κ1) is 10.8. The van der Waals surface area contributed by atoms with Gasteiger partial charge in [0.25, 0.3) is 0 Å². The van der Waals surface area contributed by atoms with Gasteiger partial charge in [0, 0.05) is 22.8 Å². The van der Waals surface area contributed by atoms with E-state index in [-0.39, 0.29) is 5.69 Å². The van der Waals surface area contributed by atoms with E-state index in [1.54, 1.807) is 6.07 Å². The second-order valence-corrected chi connectivity index (χ2v) is 2.31. The summed E-state index contributed by atoms with van der Waals surface area (Å²) >= 11 is 0. The molecule has 0 radical (unpaired) electrons. The van der Waals surface area contributed by atoms with Gasteiger partial charge in [0.05, 0.1) is 0 Å². The van der Waals surface area contributed by atoms with Crippen LogP contribution in [0.3, 0.4) is 0 Å². The minimum absolute atomic E-state index is 0.303. The van der Waals surface area contributed by atoms with Crippen LogP contribution in [-0.2, 0) is 10.4 Å². The fourth-order valence-corrected chi connectivity index (χ4v) is 0.310. The molecule has 0 aliphatic heterocycles. The molecule has 0 aliphatic rings. The zero-order valence-electron chi connectivity index (χ0n) is 5.63. The number of H-pyrrole nitrogens is 1. The van der Waals surface area contributed by atoms with Gasteiger partial charge in [-0.2, -0.15) is 0 Å². The van der Waals surface area contributed by atoms with Crippen molar-refractivity contribution in [2.45, 2.75) is 0 Å². The van der Waals surface area contributed by atoms with Crippen molar-refractivity contribution in [3.63, 3.8) is 0 Å². The van der Waals surface area contributed by atoms with Crippen molar-refractivity contribution in [1.29, 1.82) is 0 Å². The number of hydrogen-bond donors (Lipinski definition) is 1. The fraction of sp³-hybridized carbons (Fsp3) is 0. The van der Waals surface area contributed by atoms with Gasteiger partial charge in [-0.1, -0.05) is 0 Å². The average Bonchev–Trinajstić information content (AvgIpc) is 1.85. The highest BCUT2D eigenvalue weighted by Gasteiger charge is 1.70. The van der Waals surface area contributed by atoms with Crippen LogP contribution in [0, 0.1) is 0 Å². The number of nitrogens with one attached hydrogen (secondary N) is 1. The van der Waals surface area contributed by atoms with Crippen LogP contribution in [0.15, 0.2) is 23.3 Å². The summed E-state index contributed by atoms with van der Waals surface area (Å²) in [5, 5.41) is 0. The summed E-state index contributed by atoms with van der Waals surface area (Å²) < 4.78 is 34.1. The van der Waals surface area contributed by atoms with E-state index in [4.69, 9.17) is 17.5 Å². The minimum Gasteiger partial charge on any atom is -0.759 e. The first-order chi connectivity index (χ1) is 5.39. The molecule has 68 valence electrons.